The minimum absolute atomic E-state index is 0.0494. The monoisotopic (exact) mass is 533 g/mol. The fourth-order valence-corrected chi connectivity index (χ4v) is 9.24. The lowest BCUT2D eigenvalue weighted by molar-refractivity contribution is -0.144. The fraction of sp³-hybridized carbons (Fsp3) is 0.433. The summed E-state index contributed by atoms with van der Waals surface area (Å²) in [7, 11) is 1.73. The summed E-state index contributed by atoms with van der Waals surface area (Å²) >= 11 is 1.64. The Morgan fingerprint density at radius 1 is 1.11 bits per heavy atom. The maximum absolute atomic E-state index is 14.5. The van der Waals surface area contributed by atoms with Gasteiger partial charge in [-0.15, -0.1) is 24.9 Å². The van der Waals surface area contributed by atoms with Crippen molar-refractivity contribution in [3.8, 4) is 0 Å². The molecule has 3 heterocycles. The average Bonchev–Trinajstić information content (AvgIpc) is 3.47. The number of rotatable bonds is 9. The Kier molecular flexibility index (Phi) is 6.90. The summed E-state index contributed by atoms with van der Waals surface area (Å²) in [4.78, 5) is 47.1. The molecule has 3 fully saturated rings. The highest BCUT2D eigenvalue weighted by Crippen LogP contribution is 2.71. The largest absolute Gasteiger partial charge is 0.395 e. The normalized spacial score (nSPS) is 29.4. The molecule has 3 saturated heterocycles. The molecule has 200 valence electrons. The minimum atomic E-state index is -0.784. The summed E-state index contributed by atoms with van der Waals surface area (Å²) < 4.78 is -1.17. The van der Waals surface area contributed by atoms with Crippen molar-refractivity contribution < 1.29 is 19.5 Å². The van der Waals surface area contributed by atoms with Gasteiger partial charge in [0.05, 0.1) is 23.2 Å². The molecule has 7 nitrogen and oxygen atoms in total. The molecule has 2 bridgehead atoms. The Hall–Kier alpha value is -3.10. The summed E-state index contributed by atoms with van der Waals surface area (Å²) in [6.45, 7) is 10.2. The van der Waals surface area contributed by atoms with E-state index in [0.29, 0.717) is 13.0 Å². The van der Waals surface area contributed by atoms with Crippen LogP contribution in [0.2, 0.25) is 0 Å². The van der Waals surface area contributed by atoms with Gasteiger partial charge in [0.25, 0.3) is 5.91 Å². The van der Waals surface area contributed by atoms with E-state index in [2.05, 4.69) is 20.1 Å². The highest BCUT2D eigenvalue weighted by Gasteiger charge is 2.77. The van der Waals surface area contributed by atoms with E-state index in [0.717, 1.165) is 22.9 Å². The number of β-amino-alcohol motifs (C(OH)–C–C–N with tert-alkyl or cyclic N) is 1. The molecular formula is C30H35N3O4S. The van der Waals surface area contributed by atoms with Crippen molar-refractivity contribution in [2.75, 3.05) is 38.2 Å². The van der Waals surface area contributed by atoms with Crippen molar-refractivity contribution in [2.24, 2.45) is 11.8 Å². The number of benzene rings is 2. The molecule has 5 atom stereocenters. The van der Waals surface area contributed by atoms with Gasteiger partial charge in [-0.05, 0) is 42.7 Å². The summed E-state index contributed by atoms with van der Waals surface area (Å²) in [6.07, 6.45) is 4.77. The van der Waals surface area contributed by atoms with Gasteiger partial charge < -0.3 is 19.8 Å². The van der Waals surface area contributed by atoms with Crippen molar-refractivity contribution in [1.82, 2.24) is 9.80 Å². The van der Waals surface area contributed by atoms with Crippen LogP contribution in [0.1, 0.15) is 19.8 Å². The number of likely N-dealkylation sites (tertiary alicyclic amines) is 1. The number of aliphatic hydroxyl groups excluding tert-OH is 1. The van der Waals surface area contributed by atoms with Gasteiger partial charge in [0.1, 0.15) is 6.04 Å². The number of carbonyl (C=O) groups excluding carboxylic acids is 3. The van der Waals surface area contributed by atoms with E-state index in [1.54, 1.807) is 40.8 Å². The zero-order valence-electron chi connectivity index (χ0n) is 22.0. The number of thioether (sulfide) groups is 1. The van der Waals surface area contributed by atoms with Gasteiger partial charge in [-0.3, -0.25) is 14.4 Å². The number of amides is 3. The second-order valence-corrected chi connectivity index (χ2v) is 12.7. The van der Waals surface area contributed by atoms with E-state index in [1.807, 2.05) is 42.5 Å². The van der Waals surface area contributed by atoms with Crippen molar-refractivity contribution in [3.05, 3.63) is 67.8 Å². The molecular weight excluding hydrogens is 498 g/mol. The standard InChI is InChI=1S/C30H35N3O4S/c1-5-15-31(4)26(35)23-24-27(36)33(17-18-34)25(30(24)14-13-29(23,3)38-30)28(37)32(16-6-2)22-12-11-20-9-7-8-10-21(20)19-22/h5-12,19,23-25,34H,1-2,13-18H2,3-4H3/t23-,24-,25?,29+,30?/m0/s1. The third-order valence-electron chi connectivity index (χ3n) is 8.52. The number of fused-ring (bicyclic) bond motifs is 2. The van der Waals surface area contributed by atoms with Crippen LogP contribution in [0.15, 0.2) is 67.8 Å². The van der Waals surface area contributed by atoms with Crippen LogP contribution in [0.5, 0.6) is 0 Å². The molecule has 8 heteroatoms. The Bertz CT molecular complexity index is 1310. The van der Waals surface area contributed by atoms with Crippen molar-refractivity contribution in [2.45, 2.75) is 35.3 Å². The third kappa shape index (κ3) is 3.88. The van der Waals surface area contributed by atoms with Crippen LogP contribution in [0.3, 0.4) is 0 Å². The van der Waals surface area contributed by atoms with E-state index < -0.39 is 27.4 Å². The zero-order valence-corrected chi connectivity index (χ0v) is 22.8. The van der Waals surface area contributed by atoms with Crippen LogP contribution in [0.4, 0.5) is 5.69 Å². The quantitative estimate of drug-likeness (QED) is 0.500. The van der Waals surface area contributed by atoms with E-state index in [4.69, 9.17) is 0 Å². The van der Waals surface area contributed by atoms with Crippen LogP contribution in [-0.4, -0.2) is 81.5 Å². The van der Waals surface area contributed by atoms with Gasteiger partial charge in [-0.2, -0.15) is 0 Å². The molecule has 2 aromatic rings. The number of nitrogens with zero attached hydrogens (tertiary/aromatic N) is 3. The first kappa shape index (κ1) is 26.5. The SMILES string of the molecule is C=CCN(C)C(=O)[C@@H]1[C@H]2C(=O)N(CCO)C(C(=O)N(CC=C)c3ccc4ccccc4c3)C23CC[C@@]1(C)S3. The lowest BCUT2D eigenvalue weighted by Crippen LogP contribution is -2.55. The molecule has 38 heavy (non-hydrogen) atoms. The van der Waals surface area contributed by atoms with Gasteiger partial charge >= 0.3 is 0 Å². The predicted octanol–water partition coefficient (Wildman–Crippen LogP) is 3.48. The molecule has 0 radical (unpaired) electrons. The van der Waals surface area contributed by atoms with Gasteiger partial charge in [0.2, 0.25) is 11.8 Å². The van der Waals surface area contributed by atoms with Gasteiger partial charge in [0.15, 0.2) is 0 Å². The fourth-order valence-electron chi connectivity index (χ4n) is 6.89. The van der Waals surface area contributed by atoms with E-state index >= 15 is 0 Å². The molecule has 0 saturated carbocycles. The van der Waals surface area contributed by atoms with Crippen LogP contribution in [0, 0.1) is 11.8 Å². The maximum Gasteiger partial charge on any atom is 0.251 e. The molecule has 0 aliphatic carbocycles. The lowest BCUT2D eigenvalue weighted by atomic mass is 9.66. The van der Waals surface area contributed by atoms with Crippen LogP contribution in [0.25, 0.3) is 10.8 Å². The highest BCUT2D eigenvalue weighted by molar-refractivity contribution is 8.02. The van der Waals surface area contributed by atoms with Crippen molar-refractivity contribution in [3.63, 3.8) is 0 Å². The number of likely N-dealkylation sites (N-methyl/N-ethyl adjacent to an activating group) is 1. The molecule has 5 rings (SSSR count). The first-order chi connectivity index (χ1) is 18.2. The van der Waals surface area contributed by atoms with E-state index in [-0.39, 0.29) is 37.4 Å². The molecule has 3 aliphatic rings. The maximum atomic E-state index is 14.5. The number of carbonyl (C=O) groups is 3. The predicted molar refractivity (Wildman–Crippen MR) is 152 cm³/mol. The number of aliphatic hydroxyl groups is 1. The summed E-state index contributed by atoms with van der Waals surface area (Å²) in [5.74, 6) is -1.65. The number of hydrogen-bond donors (Lipinski definition) is 1. The van der Waals surface area contributed by atoms with Gasteiger partial charge in [-0.1, -0.05) is 42.5 Å². The molecule has 0 aromatic heterocycles. The minimum Gasteiger partial charge on any atom is -0.395 e. The summed E-state index contributed by atoms with van der Waals surface area (Å²) in [6, 6.07) is 13.1. The van der Waals surface area contributed by atoms with Crippen molar-refractivity contribution in [1.29, 1.82) is 0 Å². The summed E-state index contributed by atoms with van der Waals surface area (Å²) in [5, 5.41) is 12.0. The third-order valence-corrected chi connectivity index (χ3v) is 10.5. The second-order valence-electron chi connectivity index (χ2n) is 10.8. The van der Waals surface area contributed by atoms with Gasteiger partial charge in [-0.25, -0.2) is 0 Å². The Labute approximate surface area is 228 Å². The Morgan fingerprint density at radius 2 is 1.82 bits per heavy atom. The molecule has 1 spiro atoms. The van der Waals surface area contributed by atoms with E-state index in [1.165, 1.54) is 4.90 Å². The molecule has 3 aliphatic heterocycles. The molecule has 2 aromatic carbocycles. The Morgan fingerprint density at radius 3 is 2.50 bits per heavy atom. The first-order valence-electron chi connectivity index (χ1n) is 13.1. The van der Waals surface area contributed by atoms with Crippen LogP contribution >= 0.6 is 11.8 Å². The Balaban J connectivity index is 1.58. The van der Waals surface area contributed by atoms with Crippen molar-refractivity contribution >= 4 is 45.9 Å². The number of anilines is 1. The highest BCUT2D eigenvalue weighted by atomic mass is 32.2. The number of hydrogen-bond acceptors (Lipinski definition) is 5. The van der Waals surface area contributed by atoms with Crippen LogP contribution in [-0.2, 0) is 14.4 Å². The topological polar surface area (TPSA) is 81.2 Å². The summed E-state index contributed by atoms with van der Waals surface area (Å²) in [5.41, 5.74) is 0.729. The first-order valence-corrected chi connectivity index (χ1v) is 13.9. The molecule has 3 amide bonds. The molecule has 2 unspecified atom stereocenters. The smallest absolute Gasteiger partial charge is 0.251 e. The van der Waals surface area contributed by atoms with Crippen LogP contribution < -0.4 is 4.90 Å². The zero-order chi connectivity index (χ0) is 27.2. The van der Waals surface area contributed by atoms with Gasteiger partial charge in [0, 0.05) is 37.1 Å². The lowest BCUT2D eigenvalue weighted by Gasteiger charge is -2.37. The average molecular weight is 534 g/mol. The molecule has 1 N–H and O–H groups in total. The van der Waals surface area contributed by atoms with E-state index in [9.17, 15) is 19.5 Å². The second kappa shape index (κ2) is 9.89.